The standard InChI is InChI=1S/C12H21N3S2/c1-16-11-3-6-15(7-4-11)8-10-9-17-12(14-10)2-5-13/h9,11H,2-8,13H2,1H3. The number of piperidine rings is 1. The third-order valence-electron chi connectivity index (χ3n) is 3.21. The molecule has 0 bridgehead atoms. The topological polar surface area (TPSA) is 42.1 Å². The molecule has 1 aromatic rings. The van der Waals surface area contributed by atoms with E-state index >= 15 is 0 Å². The van der Waals surface area contributed by atoms with E-state index in [1.807, 2.05) is 11.8 Å². The highest BCUT2D eigenvalue weighted by Gasteiger charge is 2.18. The molecule has 96 valence electrons. The third-order valence-corrected chi connectivity index (χ3v) is 5.31. The van der Waals surface area contributed by atoms with Gasteiger partial charge in [0.1, 0.15) is 0 Å². The van der Waals surface area contributed by atoms with Crippen LogP contribution in [0.4, 0.5) is 0 Å². The summed E-state index contributed by atoms with van der Waals surface area (Å²) in [5.41, 5.74) is 6.76. The second-order valence-corrected chi connectivity index (χ2v) is 6.56. The third kappa shape index (κ3) is 3.95. The Morgan fingerprint density at radius 2 is 2.29 bits per heavy atom. The predicted octanol–water partition coefficient (Wildman–Crippen LogP) is 1.97. The number of nitrogens with zero attached hydrogens (tertiary/aromatic N) is 2. The van der Waals surface area contributed by atoms with Crippen molar-refractivity contribution in [2.75, 3.05) is 25.9 Å². The predicted molar refractivity (Wildman–Crippen MR) is 76.7 cm³/mol. The molecule has 3 nitrogen and oxygen atoms in total. The molecule has 1 saturated heterocycles. The van der Waals surface area contributed by atoms with E-state index in [1.54, 1.807) is 11.3 Å². The maximum absolute atomic E-state index is 5.54. The van der Waals surface area contributed by atoms with Crippen molar-refractivity contribution in [3.8, 4) is 0 Å². The first-order valence-electron chi connectivity index (χ1n) is 6.20. The molecule has 2 N–H and O–H groups in total. The second-order valence-electron chi connectivity index (χ2n) is 4.48. The minimum atomic E-state index is 0.700. The van der Waals surface area contributed by atoms with Gasteiger partial charge in [0.05, 0.1) is 10.7 Å². The van der Waals surface area contributed by atoms with Gasteiger partial charge < -0.3 is 5.73 Å². The zero-order valence-corrected chi connectivity index (χ0v) is 12.0. The van der Waals surface area contributed by atoms with Gasteiger partial charge in [0.2, 0.25) is 0 Å². The van der Waals surface area contributed by atoms with Crippen molar-refractivity contribution < 1.29 is 0 Å². The van der Waals surface area contributed by atoms with E-state index in [1.165, 1.54) is 36.6 Å². The lowest BCUT2D eigenvalue weighted by molar-refractivity contribution is 0.223. The van der Waals surface area contributed by atoms with Gasteiger partial charge in [0.25, 0.3) is 0 Å². The first kappa shape index (κ1) is 13.3. The number of thioether (sulfide) groups is 1. The lowest BCUT2D eigenvalue weighted by Gasteiger charge is -2.30. The summed E-state index contributed by atoms with van der Waals surface area (Å²) in [5.74, 6) is 0. The molecule has 0 radical (unpaired) electrons. The number of rotatable bonds is 5. The van der Waals surface area contributed by atoms with Crippen molar-refractivity contribution in [1.82, 2.24) is 9.88 Å². The maximum atomic E-state index is 5.54. The van der Waals surface area contributed by atoms with E-state index in [0.717, 1.165) is 18.2 Å². The monoisotopic (exact) mass is 271 g/mol. The Morgan fingerprint density at radius 1 is 1.53 bits per heavy atom. The van der Waals surface area contributed by atoms with Crippen LogP contribution in [0, 0.1) is 0 Å². The molecular formula is C12H21N3S2. The summed E-state index contributed by atoms with van der Waals surface area (Å²) in [6.07, 6.45) is 5.78. The molecule has 0 saturated carbocycles. The maximum Gasteiger partial charge on any atom is 0.0941 e. The Kier molecular flexibility index (Phi) is 5.28. The van der Waals surface area contributed by atoms with Crippen molar-refractivity contribution >= 4 is 23.1 Å². The van der Waals surface area contributed by atoms with Crippen LogP contribution in [-0.4, -0.2) is 41.0 Å². The van der Waals surface area contributed by atoms with Gasteiger partial charge in [0.15, 0.2) is 0 Å². The molecule has 1 aliphatic rings. The van der Waals surface area contributed by atoms with Crippen LogP contribution < -0.4 is 5.73 Å². The lowest BCUT2D eigenvalue weighted by Crippen LogP contribution is -2.34. The largest absolute Gasteiger partial charge is 0.330 e. The van der Waals surface area contributed by atoms with E-state index in [2.05, 4.69) is 21.5 Å². The van der Waals surface area contributed by atoms with Crippen molar-refractivity contribution in [1.29, 1.82) is 0 Å². The summed E-state index contributed by atoms with van der Waals surface area (Å²) in [4.78, 5) is 7.15. The fraction of sp³-hybridized carbons (Fsp3) is 0.750. The molecular weight excluding hydrogens is 250 g/mol. The summed E-state index contributed by atoms with van der Waals surface area (Å²) in [6.45, 7) is 4.15. The molecule has 0 unspecified atom stereocenters. The molecule has 1 fully saturated rings. The van der Waals surface area contributed by atoms with Gasteiger partial charge in [-0.2, -0.15) is 11.8 Å². The zero-order chi connectivity index (χ0) is 12.1. The molecule has 2 heterocycles. The quantitative estimate of drug-likeness (QED) is 0.889. The molecule has 2 rings (SSSR count). The fourth-order valence-corrected chi connectivity index (χ4v) is 3.68. The fourth-order valence-electron chi connectivity index (χ4n) is 2.19. The van der Waals surface area contributed by atoms with Gasteiger partial charge >= 0.3 is 0 Å². The Hall–Kier alpha value is -0.100. The smallest absolute Gasteiger partial charge is 0.0941 e. The minimum Gasteiger partial charge on any atom is -0.330 e. The van der Waals surface area contributed by atoms with Gasteiger partial charge in [-0.25, -0.2) is 4.98 Å². The van der Waals surface area contributed by atoms with Gasteiger partial charge in [-0.05, 0) is 38.7 Å². The average molecular weight is 271 g/mol. The summed E-state index contributed by atoms with van der Waals surface area (Å²) < 4.78 is 0. The van der Waals surface area contributed by atoms with Gasteiger partial charge in [-0.3, -0.25) is 4.90 Å². The van der Waals surface area contributed by atoms with E-state index in [0.29, 0.717) is 6.54 Å². The van der Waals surface area contributed by atoms with Crippen LogP contribution in [0.25, 0.3) is 0 Å². The zero-order valence-electron chi connectivity index (χ0n) is 10.4. The highest BCUT2D eigenvalue weighted by Crippen LogP contribution is 2.22. The Bertz CT molecular complexity index is 332. The molecule has 1 aliphatic heterocycles. The van der Waals surface area contributed by atoms with Gasteiger partial charge in [0, 0.05) is 23.6 Å². The number of hydrogen-bond donors (Lipinski definition) is 1. The Labute approximate surface area is 112 Å². The van der Waals surface area contributed by atoms with Crippen molar-refractivity contribution in [2.45, 2.75) is 31.1 Å². The van der Waals surface area contributed by atoms with Crippen LogP contribution in [0.1, 0.15) is 23.5 Å². The molecule has 5 heteroatoms. The van der Waals surface area contributed by atoms with Crippen LogP contribution in [0.3, 0.4) is 0 Å². The van der Waals surface area contributed by atoms with Crippen LogP contribution in [0.5, 0.6) is 0 Å². The molecule has 1 aromatic heterocycles. The molecule has 0 atom stereocenters. The number of nitrogens with two attached hydrogens (primary N) is 1. The van der Waals surface area contributed by atoms with E-state index in [-0.39, 0.29) is 0 Å². The van der Waals surface area contributed by atoms with Crippen LogP contribution >= 0.6 is 23.1 Å². The first-order chi connectivity index (χ1) is 8.31. The van der Waals surface area contributed by atoms with Gasteiger partial charge in [-0.15, -0.1) is 11.3 Å². The molecule has 17 heavy (non-hydrogen) atoms. The van der Waals surface area contributed by atoms with Crippen molar-refractivity contribution in [3.63, 3.8) is 0 Å². The first-order valence-corrected chi connectivity index (χ1v) is 8.37. The Morgan fingerprint density at radius 3 is 2.94 bits per heavy atom. The van der Waals surface area contributed by atoms with E-state index in [9.17, 15) is 0 Å². The van der Waals surface area contributed by atoms with Crippen molar-refractivity contribution in [2.24, 2.45) is 5.73 Å². The molecule has 0 aromatic carbocycles. The molecule has 0 amide bonds. The minimum absolute atomic E-state index is 0.700. The summed E-state index contributed by atoms with van der Waals surface area (Å²) in [7, 11) is 0. The van der Waals surface area contributed by atoms with Crippen molar-refractivity contribution in [3.05, 3.63) is 16.1 Å². The van der Waals surface area contributed by atoms with Crippen LogP contribution in [0.2, 0.25) is 0 Å². The Balaban J connectivity index is 1.80. The normalized spacial score (nSPS) is 18.7. The van der Waals surface area contributed by atoms with Crippen LogP contribution in [0.15, 0.2) is 5.38 Å². The molecule has 0 spiro atoms. The SMILES string of the molecule is CSC1CCN(Cc2csc(CCN)n2)CC1. The molecule has 0 aliphatic carbocycles. The second kappa shape index (κ2) is 6.73. The number of thiazole rings is 1. The summed E-state index contributed by atoms with van der Waals surface area (Å²) in [5, 5.41) is 4.24. The highest BCUT2D eigenvalue weighted by atomic mass is 32.2. The van der Waals surface area contributed by atoms with E-state index in [4.69, 9.17) is 5.73 Å². The number of aromatic nitrogens is 1. The van der Waals surface area contributed by atoms with E-state index < -0.39 is 0 Å². The number of hydrogen-bond acceptors (Lipinski definition) is 5. The average Bonchev–Trinajstić information content (AvgIpc) is 2.78. The summed E-state index contributed by atoms with van der Waals surface area (Å²) >= 11 is 3.76. The highest BCUT2D eigenvalue weighted by molar-refractivity contribution is 7.99. The number of likely N-dealkylation sites (tertiary alicyclic amines) is 1. The summed E-state index contributed by atoms with van der Waals surface area (Å²) in [6, 6.07) is 0. The van der Waals surface area contributed by atoms with Crippen LogP contribution in [-0.2, 0) is 13.0 Å². The van der Waals surface area contributed by atoms with Gasteiger partial charge in [-0.1, -0.05) is 0 Å². The lowest BCUT2D eigenvalue weighted by atomic mass is 10.1.